The molecular weight excluding hydrogens is 641 g/mol. The molecule has 0 atom stereocenters. The van der Waals surface area contributed by atoms with Gasteiger partial charge >= 0.3 is 0 Å². The minimum Gasteiger partial charge on any atom is -0.309 e. The Bertz CT molecular complexity index is 3210. The van der Waals surface area contributed by atoms with Gasteiger partial charge in [0.05, 0.1) is 22.7 Å². The quantitative estimate of drug-likeness (QED) is 0.135. The van der Waals surface area contributed by atoms with Crippen molar-refractivity contribution in [1.29, 1.82) is 5.26 Å². The van der Waals surface area contributed by atoms with E-state index in [9.17, 15) is 5.26 Å². The van der Waals surface area contributed by atoms with Gasteiger partial charge in [-0.25, -0.2) is 0 Å². The first kappa shape index (κ1) is 29.5. The third kappa shape index (κ3) is 4.38. The summed E-state index contributed by atoms with van der Waals surface area (Å²) < 4.78 is 2.32. The molecule has 0 fully saturated rings. The highest BCUT2D eigenvalue weighted by molar-refractivity contribution is 6.26. The van der Waals surface area contributed by atoms with Gasteiger partial charge in [0.1, 0.15) is 0 Å². The van der Waals surface area contributed by atoms with Crippen molar-refractivity contribution in [2.45, 2.75) is 0 Å². The van der Waals surface area contributed by atoms with E-state index in [-0.39, 0.29) is 0 Å². The number of benzene rings is 10. The van der Waals surface area contributed by atoms with Crippen LogP contribution in [-0.2, 0) is 0 Å². The molecule has 1 heterocycles. The van der Waals surface area contributed by atoms with Gasteiger partial charge in [0, 0.05) is 16.5 Å². The minimum atomic E-state index is 0.668. The van der Waals surface area contributed by atoms with Crippen LogP contribution >= 0.6 is 0 Å². The molecule has 2 heteroatoms. The number of rotatable bonds is 4. The molecule has 10 aromatic carbocycles. The standard InChI is InChI=1S/C51H30N2/c52-31-32-27-36-25-26-37-29-38(30-47-50(37)49(36)46(28-32)53(47)39-13-2-1-3-14-39)33-21-23-35(24-22-33)48-42-16-6-8-18-44(42)51(45-19-9-7-17-43(45)48)41-20-10-12-34-11-4-5-15-40(34)41/h1-30H. The molecule has 0 N–H and O–H groups in total. The largest absolute Gasteiger partial charge is 0.309 e. The van der Waals surface area contributed by atoms with Crippen molar-refractivity contribution >= 4 is 64.9 Å². The van der Waals surface area contributed by atoms with E-state index < -0.39 is 0 Å². The summed E-state index contributed by atoms with van der Waals surface area (Å²) in [4.78, 5) is 0. The van der Waals surface area contributed by atoms with Gasteiger partial charge in [0.2, 0.25) is 0 Å². The number of nitriles is 1. The number of fused-ring (bicyclic) bond motifs is 3. The van der Waals surface area contributed by atoms with E-state index in [1.807, 2.05) is 18.2 Å². The van der Waals surface area contributed by atoms with Gasteiger partial charge in [0.25, 0.3) is 0 Å². The Balaban J connectivity index is 1.12. The van der Waals surface area contributed by atoms with Crippen LogP contribution in [0.1, 0.15) is 5.56 Å². The Kier molecular flexibility index (Phi) is 6.35. The highest BCUT2D eigenvalue weighted by Gasteiger charge is 2.20. The van der Waals surface area contributed by atoms with E-state index in [1.165, 1.54) is 70.7 Å². The van der Waals surface area contributed by atoms with E-state index in [2.05, 4.69) is 174 Å². The summed E-state index contributed by atoms with van der Waals surface area (Å²) in [6.45, 7) is 0. The molecule has 11 aromatic rings. The second-order valence-electron chi connectivity index (χ2n) is 14.0. The normalized spacial score (nSPS) is 11.8. The molecule has 1 aromatic heterocycles. The fourth-order valence-electron chi connectivity index (χ4n) is 8.86. The van der Waals surface area contributed by atoms with Gasteiger partial charge in [-0.2, -0.15) is 5.26 Å². The zero-order chi connectivity index (χ0) is 35.0. The molecule has 53 heavy (non-hydrogen) atoms. The molecule has 0 saturated carbocycles. The predicted octanol–water partition coefficient (Wildman–Crippen LogP) is 13.7. The molecule has 2 nitrogen and oxygen atoms in total. The van der Waals surface area contributed by atoms with Gasteiger partial charge < -0.3 is 4.57 Å². The third-order valence-corrected chi connectivity index (χ3v) is 11.1. The lowest BCUT2D eigenvalue weighted by Gasteiger charge is -2.19. The van der Waals surface area contributed by atoms with Gasteiger partial charge in [-0.3, -0.25) is 0 Å². The molecule has 0 aliphatic rings. The Morgan fingerprint density at radius 3 is 1.60 bits per heavy atom. The van der Waals surface area contributed by atoms with Crippen LogP contribution in [0.15, 0.2) is 182 Å². The summed E-state index contributed by atoms with van der Waals surface area (Å²) in [6, 6.07) is 68.1. The van der Waals surface area contributed by atoms with Crippen LogP contribution in [0, 0.1) is 11.3 Å². The number of para-hydroxylation sites is 1. The first-order valence-electron chi connectivity index (χ1n) is 18.1. The molecule has 0 bridgehead atoms. The molecule has 0 saturated heterocycles. The van der Waals surface area contributed by atoms with Crippen molar-refractivity contribution in [2.75, 3.05) is 0 Å². The monoisotopic (exact) mass is 670 g/mol. The first-order valence-corrected chi connectivity index (χ1v) is 18.1. The van der Waals surface area contributed by atoms with E-state index in [4.69, 9.17) is 0 Å². The summed E-state index contributed by atoms with van der Waals surface area (Å²) in [5.74, 6) is 0. The molecule has 0 aliphatic heterocycles. The predicted molar refractivity (Wildman–Crippen MR) is 223 cm³/mol. The van der Waals surface area contributed by atoms with Crippen LogP contribution in [-0.4, -0.2) is 4.57 Å². The van der Waals surface area contributed by atoms with Crippen molar-refractivity contribution in [1.82, 2.24) is 4.57 Å². The third-order valence-electron chi connectivity index (χ3n) is 11.1. The lowest BCUT2D eigenvalue weighted by atomic mass is 9.84. The number of nitrogens with zero attached hydrogens (tertiary/aromatic N) is 2. The Morgan fingerprint density at radius 2 is 0.925 bits per heavy atom. The van der Waals surface area contributed by atoms with Gasteiger partial charge in [-0.1, -0.05) is 146 Å². The molecule has 0 spiro atoms. The molecular formula is C51H30N2. The van der Waals surface area contributed by atoms with Crippen molar-refractivity contribution in [3.05, 3.63) is 188 Å². The minimum absolute atomic E-state index is 0.668. The summed E-state index contributed by atoms with van der Waals surface area (Å²) in [7, 11) is 0. The Hall–Kier alpha value is -7.21. The molecule has 0 radical (unpaired) electrons. The SMILES string of the molecule is N#Cc1cc2ccc3cc(-c4ccc(-c5c6ccccc6c(-c6cccc7ccccc67)c6ccccc56)cc4)cc4c3c2c(c1)n4-c1ccccc1. The van der Waals surface area contributed by atoms with Crippen LogP contribution in [0.5, 0.6) is 0 Å². The maximum Gasteiger partial charge on any atom is 0.0992 e. The Morgan fingerprint density at radius 1 is 0.377 bits per heavy atom. The molecule has 0 aliphatic carbocycles. The summed E-state index contributed by atoms with van der Waals surface area (Å²) in [5, 5.41) is 22.1. The summed E-state index contributed by atoms with van der Waals surface area (Å²) >= 11 is 0. The van der Waals surface area contributed by atoms with Crippen LogP contribution in [0.25, 0.3) is 104 Å². The fraction of sp³-hybridized carbons (Fsp3) is 0. The Labute approximate surface area is 306 Å². The van der Waals surface area contributed by atoms with E-state index >= 15 is 0 Å². The molecule has 11 rings (SSSR count). The van der Waals surface area contributed by atoms with E-state index in [0.29, 0.717) is 5.56 Å². The highest BCUT2D eigenvalue weighted by Crippen LogP contribution is 2.46. The second-order valence-corrected chi connectivity index (χ2v) is 14.0. The number of aromatic nitrogens is 1. The zero-order valence-corrected chi connectivity index (χ0v) is 28.7. The van der Waals surface area contributed by atoms with Crippen LogP contribution in [0.3, 0.4) is 0 Å². The number of hydrogen-bond acceptors (Lipinski definition) is 1. The van der Waals surface area contributed by atoms with Gasteiger partial charge in [0.15, 0.2) is 0 Å². The van der Waals surface area contributed by atoms with Crippen molar-refractivity contribution < 1.29 is 0 Å². The number of hydrogen-bond donors (Lipinski definition) is 0. The first-order chi connectivity index (χ1) is 26.2. The van der Waals surface area contributed by atoms with Crippen molar-refractivity contribution in [2.24, 2.45) is 0 Å². The van der Waals surface area contributed by atoms with Crippen molar-refractivity contribution in [3.8, 4) is 45.1 Å². The lowest BCUT2D eigenvalue weighted by molar-refractivity contribution is 1.18. The average molecular weight is 671 g/mol. The molecule has 244 valence electrons. The maximum absolute atomic E-state index is 9.90. The van der Waals surface area contributed by atoms with Gasteiger partial charge in [-0.15, -0.1) is 0 Å². The van der Waals surface area contributed by atoms with Crippen LogP contribution in [0.4, 0.5) is 0 Å². The van der Waals surface area contributed by atoms with Crippen LogP contribution in [0.2, 0.25) is 0 Å². The smallest absolute Gasteiger partial charge is 0.0992 e. The van der Waals surface area contributed by atoms with Crippen LogP contribution < -0.4 is 0 Å². The molecule has 0 amide bonds. The highest BCUT2D eigenvalue weighted by atomic mass is 15.0. The zero-order valence-electron chi connectivity index (χ0n) is 28.7. The molecule has 0 unspecified atom stereocenters. The summed E-state index contributed by atoms with van der Waals surface area (Å²) in [5.41, 5.74) is 11.3. The summed E-state index contributed by atoms with van der Waals surface area (Å²) in [6.07, 6.45) is 0. The van der Waals surface area contributed by atoms with E-state index in [0.717, 1.165) is 33.2 Å². The fourth-order valence-corrected chi connectivity index (χ4v) is 8.86. The second kappa shape index (κ2) is 11.4. The average Bonchev–Trinajstić information content (AvgIpc) is 3.56. The topological polar surface area (TPSA) is 28.7 Å². The van der Waals surface area contributed by atoms with E-state index in [1.54, 1.807) is 0 Å². The maximum atomic E-state index is 9.90. The van der Waals surface area contributed by atoms with Gasteiger partial charge in [-0.05, 0) is 113 Å². The lowest BCUT2D eigenvalue weighted by Crippen LogP contribution is -1.94. The van der Waals surface area contributed by atoms with Crippen molar-refractivity contribution in [3.63, 3.8) is 0 Å².